The van der Waals surface area contributed by atoms with Crippen LogP contribution in [0.2, 0.25) is 0 Å². The van der Waals surface area contributed by atoms with E-state index < -0.39 is 0 Å². The topological polar surface area (TPSA) is 21.3 Å². The van der Waals surface area contributed by atoms with Gasteiger partial charge in [-0.3, -0.25) is 0 Å². The predicted molar refractivity (Wildman–Crippen MR) is 54.6 cm³/mol. The van der Waals surface area contributed by atoms with Crippen LogP contribution in [0.4, 0.5) is 4.39 Å². The van der Waals surface area contributed by atoms with Gasteiger partial charge in [-0.1, -0.05) is 25.1 Å². The van der Waals surface area contributed by atoms with E-state index in [1.54, 1.807) is 12.1 Å². The second-order valence-corrected chi connectivity index (χ2v) is 3.00. The quantitative estimate of drug-likeness (QED) is 0.704. The van der Waals surface area contributed by atoms with Gasteiger partial charge in [-0.15, -0.1) is 0 Å². The zero-order valence-electron chi connectivity index (χ0n) is 8.42. The van der Waals surface area contributed by atoms with Gasteiger partial charge in [-0.05, 0) is 12.6 Å². The van der Waals surface area contributed by atoms with E-state index in [-0.39, 0.29) is 5.82 Å². The molecular weight excluding hydrogens is 181 g/mol. The third kappa shape index (κ3) is 3.85. The molecule has 0 saturated heterocycles. The molecule has 0 unspecified atom stereocenters. The molecule has 1 N–H and O–H groups in total. The maximum atomic E-state index is 13.1. The summed E-state index contributed by atoms with van der Waals surface area (Å²) >= 11 is 0. The van der Waals surface area contributed by atoms with E-state index in [9.17, 15) is 4.39 Å². The molecule has 1 aromatic carbocycles. The monoisotopic (exact) mass is 197 g/mol. The van der Waals surface area contributed by atoms with Crippen molar-refractivity contribution in [3.05, 3.63) is 35.6 Å². The molecule has 0 spiro atoms. The molecule has 0 fully saturated rings. The summed E-state index contributed by atoms with van der Waals surface area (Å²) in [5.74, 6) is -0.198. The second kappa shape index (κ2) is 6.51. The van der Waals surface area contributed by atoms with Crippen LogP contribution in [0.3, 0.4) is 0 Å². The van der Waals surface area contributed by atoms with Crippen molar-refractivity contribution in [2.24, 2.45) is 0 Å². The highest BCUT2D eigenvalue weighted by atomic mass is 19.1. The Bertz CT molecular complexity index is 265. The number of hydrogen-bond acceptors (Lipinski definition) is 2. The number of rotatable bonds is 6. The first kappa shape index (κ1) is 11.1. The van der Waals surface area contributed by atoms with Crippen molar-refractivity contribution in [2.45, 2.75) is 13.5 Å². The van der Waals surface area contributed by atoms with Crippen molar-refractivity contribution < 1.29 is 9.13 Å². The number of likely N-dealkylation sites (N-methyl/N-ethyl adjacent to an activating group) is 1. The molecule has 3 heteroatoms. The third-order valence-electron chi connectivity index (χ3n) is 1.89. The number of halogens is 1. The van der Waals surface area contributed by atoms with E-state index >= 15 is 0 Å². The molecule has 0 aliphatic rings. The molecule has 0 bridgehead atoms. The Morgan fingerprint density at radius 2 is 2.14 bits per heavy atom. The average molecular weight is 197 g/mol. The van der Waals surface area contributed by atoms with Crippen LogP contribution in [0, 0.1) is 5.82 Å². The van der Waals surface area contributed by atoms with Crippen molar-refractivity contribution in [3.63, 3.8) is 0 Å². The number of ether oxygens (including phenoxy) is 1. The van der Waals surface area contributed by atoms with E-state index in [1.165, 1.54) is 6.07 Å². The molecule has 0 radical (unpaired) electrons. The lowest BCUT2D eigenvalue weighted by Crippen LogP contribution is -2.18. The lowest BCUT2D eigenvalue weighted by molar-refractivity contribution is 0.120. The predicted octanol–water partition coefficient (Wildman–Crippen LogP) is 1.95. The van der Waals surface area contributed by atoms with Gasteiger partial charge >= 0.3 is 0 Å². The van der Waals surface area contributed by atoms with Crippen LogP contribution >= 0.6 is 0 Å². The molecule has 2 nitrogen and oxygen atoms in total. The van der Waals surface area contributed by atoms with Gasteiger partial charge in [0.25, 0.3) is 0 Å². The minimum absolute atomic E-state index is 0.198. The lowest BCUT2D eigenvalue weighted by Gasteiger charge is -2.05. The van der Waals surface area contributed by atoms with Crippen molar-refractivity contribution in [3.8, 4) is 0 Å². The number of benzene rings is 1. The first-order chi connectivity index (χ1) is 6.84. The van der Waals surface area contributed by atoms with E-state index in [1.807, 2.05) is 13.0 Å². The maximum Gasteiger partial charge on any atom is 0.128 e. The Hall–Kier alpha value is -0.930. The molecule has 0 atom stereocenters. The standard InChI is InChI=1S/C11H16FNO/c1-2-13-7-8-14-9-10-5-3-4-6-11(10)12/h3-6,13H,2,7-9H2,1H3. The highest BCUT2D eigenvalue weighted by molar-refractivity contribution is 5.16. The summed E-state index contributed by atoms with van der Waals surface area (Å²) < 4.78 is 18.4. The zero-order valence-corrected chi connectivity index (χ0v) is 8.42. The molecule has 14 heavy (non-hydrogen) atoms. The van der Waals surface area contributed by atoms with Gasteiger partial charge in [0.1, 0.15) is 5.82 Å². The van der Waals surface area contributed by atoms with E-state index in [0.29, 0.717) is 18.8 Å². The van der Waals surface area contributed by atoms with Gasteiger partial charge < -0.3 is 10.1 Å². The molecule has 0 heterocycles. The second-order valence-electron chi connectivity index (χ2n) is 3.00. The normalized spacial score (nSPS) is 10.4. The van der Waals surface area contributed by atoms with Crippen LogP contribution in [-0.4, -0.2) is 19.7 Å². The van der Waals surface area contributed by atoms with Gasteiger partial charge in [0.05, 0.1) is 13.2 Å². The van der Waals surface area contributed by atoms with Gasteiger partial charge in [-0.2, -0.15) is 0 Å². The Morgan fingerprint density at radius 1 is 1.36 bits per heavy atom. The van der Waals surface area contributed by atoms with Crippen LogP contribution < -0.4 is 5.32 Å². The highest BCUT2D eigenvalue weighted by Gasteiger charge is 1.99. The van der Waals surface area contributed by atoms with Crippen LogP contribution in [0.25, 0.3) is 0 Å². The zero-order chi connectivity index (χ0) is 10.2. The summed E-state index contributed by atoms with van der Waals surface area (Å²) in [5.41, 5.74) is 0.615. The first-order valence-corrected chi connectivity index (χ1v) is 4.86. The van der Waals surface area contributed by atoms with Crippen LogP contribution in [-0.2, 0) is 11.3 Å². The summed E-state index contributed by atoms with van der Waals surface area (Å²) in [7, 11) is 0. The molecule has 0 saturated carbocycles. The summed E-state index contributed by atoms with van der Waals surface area (Å²) in [5, 5.41) is 3.13. The van der Waals surface area contributed by atoms with E-state index in [2.05, 4.69) is 5.32 Å². The third-order valence-corrected chi connectivity index (χ3v) is 1.89. The Kier molecular flexibility index (Phi) is 5.19. The maximum absolute atomic E-state index is 13.1. The lowest BCUT2D eigenvalue weighted by atomic mass is 10.2. The van der Waals surface area contributed by atoms with Crippen LogP contribution in [0.1, 0.15) is 12.5 Å². The van der Waals surface area contributed by atoms with E-state index in [0.717, 1.165) is 13.1 Å². The van der Waals surface area contributed by atoms with Gasteiger partial charge in [-0.25, -0.2) is 4.39 Å². The summed E-state index contributed by atoms with van der Waals surface area (Å²) in [6.07, 6.45) is 0. The Morgan fingerprint density at radius 3 is 2.86 bits per heavy atom. The molecule has 0 amide bonds. The van der Waals surface area contributed by atoms with Crippen molar-refractivity contribution >= 4 is 0 Å². The smallest absolute Gasteiger partial charge is 0.128 e. The molecule has 1 rings (SSSR count). The minimum atomic E-state index is -0.198. The highest BCUT2D eigenvalue weighted by Crippen LogP contribution is 2.06. The first-order valence-electron chi connectivity index (χ1n) is 4.86. The van der Waals surface area contributed by atoms with E-state index in [4.69, 9.17) is 4.74 Å². The van der Waals surface area contributed by atoms with Gasteiger partial charge in [0.2, 0.25) is 0 Å². The molecule has 0 aliphatic heterocycles. The van der Waals surface area contributed by atoms with Crippen molar-refractivity contribution in [1.29, 1.82) is 0 Å². The average Bonchev–Trinajstić information content (AvgIpc) is 2.20. The SMILES string of the molecule is CCNCCOCc1ccccc1F. The Labute approximate surface area is 84.1 Å². The van der Waals surface area contributed by atoms with Gasteiger partial charge in [0, 0.05) is 12.1 Å². The van der Waals surface area contributed by atoms with Crippen molar-refractivity contribution in [2.75, 3.05) is 19.7 Å². The fraction of sp³-hybridized carbons (Fsp3) is 0.455. The van der Waals surface area contributed by atoms with Crippen LogP contribution in [0.5, 0.6) is 0 Å². The molecule has 78 valence electrons. The molecule has 0 aromatic heterocycles. The molecular formula is C11H16FNO. The van der Waals surface area contributed by atoms with Gasteiger partial charge in [0.15, 0.2) is 0 Å². The number of hydrogen-bond donors (Lipinski definition) is 1. The summed E-state index contributed by atoms with van der Waals surface area (Å²) in [6, 6.07) is 6.68. The Balaban J connectivity index is 2.21. The largest absolute Gasteiger partial charge is 0.375 e. The van der Waals surface area contributed by atoms with Crippen LogP contribution in [0.15, 0.2) is 24.3 Å². The molecule has 1 aromatic rings. The number of nitrogens with one attached hydrogen (secondary N) is 1. The minimum Gasteiger partial charge on any atom is -0.375 e. The fourth-order valence-electron chi connectivity index (χ4n) is 1.12. The van der Waals surface area contributed by atoms with Crippen molar-refractivity contribution in [1.82, 2.24) is 5.32 Å². The molecule has 0 aliphatic carbocycles. The summed E-state index contributed by atoms with van der Waals surface area (Å²) in [6.45, 7) is 4.74. The fourth-order valence-corrected chi connectivity index (χ4v) is 1.12. The summed E-state index contributed by atoms with van der Waals surface area (Å²) in [4.78, 5) is 0.